The summed E-state index contributed by atoms with van der Waals surface area (Å²) in [5.74, 6) is 1.20. The van der Waals surface area contributed by atoms with Crippen LogP contribution in [0.5, 0.6) is 0 Å². The van der Waals surface area contributed by atoms with Gasteiger partial charge < -0.3 is 9.55 Å². The van der Waals surface area contributed by atoms with Crippen LogP contribution in [-0.4, -0.2) is 33.2 Å². The van der Waals surface area contributed by atoms with Crippen LogP contribution in [0.2, 0.25) is 0 Å². The van der Waals surface area contributed by atoms with Gasteiger partial charge in [0, 0.05) is 24.0 Å². The number of aromatic nitrogens is 4. The summed E-state index contributed by atoms with van der Waals surface area (Å²) in [6.07, 6.45) is 12.8. The zero-order valence-electron chi connectivity index (χ0n) is 18.3. The van der Waals surface area contributed by atoms with Gasteiger partial charge in [-0.15, -0.1) is 0 Å². The topological polar surface area (TPSA) is 116 Å². The number of pyridine rings is 1. The van der Waals surface area contributed by atoms with Gasteiger partial charge in [-0.25, -0.2) is 23.1 Å². The molecule has 0 unspecified atom stereocenters. The fraction of sp³-hybridized carbons (Fsp3) is 0.609. The lowest BCUT2D eigenvalue weighted by atomic mass is 9.84. The van der Waals surface area contributed by atoms with Crippen LogP contribution in [0, 0.1) is 17.2 Å². The third kappa shape index (κ3) is 4.02. The lowest BCUT2D eigenvalue weighted by molar-refractivity contribution is 0.277. The second kappa shape index (κ2) is 8.83. The van der Waals surface area contributed by atoms with E-state index in [9.17, 15) is 8.42 Å². The monoisotopic (exact) mass is 454 g/mol. The summed E-state index contributed by atoms with van der Waals surface area (Å²) in [5.41, 5.74) is 2.63. The van der Waals surface area contributed by atoms with Gasteiger partial charge in [0.25, 0.3) is 0 Å². The summed E-state index contributed by atoms with van der Waals surface area (Å²) in [7, 11) is -3.38. The first-order valence-corrected chi connectivity index (χ1v) is 13.3. The van der Waals surface area contributed by atoms with Gasteiger partial charge in [0.1, 0.15) is 17.0 Å². The fourth-order valence-corrected chi connectivity index (χ4v) is 7.07. The summed E-state index contributed by atoms with van der Waals surface area (Å²) in [5, 5.41) is 9.77. The molecule has 0 spiro atoms. The van der Waals surface area contributed by atoms with Gasteiger partial charge in [-0.2, -0.15) is 5.26 Å². The summed E-state index contributed by atoms with van der Waals surface area (Å²) < 4.78 is 31.0. The van der Waals surface area contributed by atoms with Crippen LogP contribution in [-0.2, 0) is 16.6 Å². The van der Waals surface area contributed by atoms with Crippen molar-refractivity contribution in [2.45, 2.75) is 82.0 Å². The van der Waals surface area contributed by atoms with E-state index in [2.05, 4.69) is 25.3 Å². The van der Waals surface area contributed by atoms with Gasteiger partial charge in [0.15, 0.2) is 0 Å². The molecule has 170 valence electrons. The van der Waals surface area contributed by atoms with Crippen molar-refractivity contribution < 1.29 is 8.42 Å². The standard InChI is InChI=1S/C23H30N6O2S/c24-12-10-16-6-8-17(9-7-16)29-21(15-27-32(30,31)18-4-2-1-3-5-18)28-20-14-26-23-19(22(20)29)11-13-25-23/h11,13-14,16-18,27H,1-10,15H2,(H,25,26)/t16-,17-. The second-order valence-corrected chi connectivity index (χ2v) is 11.3. The molecule has 3 aromatic rings. The number of hydrogen-bond donors (Lipinski definition) is 2. The Hall–Kier alpha value is -2.44. The lowest BCUT2D eigenvalue weighted by Gasteiger charge is -2.30. The Kier molecular flexibility index (Phi) is 5.91. The average molecular weight is 455 g/mol. The summed E-state index contributed by atoms with van der Waals surface area (Å²) >= 11 is 0. The number of nitrogens with zero attached hydrogens (tertiary/aromatic N) is 4. The van der Waals surface area contributed by atoms with Crippen molar-refractivity contribution in [3.63, 3.8) is 0 Å². The van der Waals surface area contributed by atoms with Crippen LogP contribution >= 0.6 is 0 Å². The van der Waals surface area contributed by atoms with Crippen molar-refractivity contribution in [3.05, 3.63) is 24.3 Å². The van der Waals surface area contributed by atoms with Gasteiger partial charge in [-0.05, 0) is 50.5 Å². The van der Waals surface area contributed by atoms with E-state index in [1.165, 1.54) is 0 Å². The lowest BCUT2D eigenvalue weighted by Crippen LogP contribution is -2.36. The maximum absolute atomic E-state index is 13.0. The van der Waals surface area contributed by atoms with Crippen molar-refractivity contribution >= 4 is 32.1 Å². The molecular formula is C23H30N6O2S. The van der Waals surface area contributed by atoms with Crippen molar-refractivity contribution in [1.29, 1.82) is 5.26 Å². The Labute approximate surface area is 188 Å². The van der Waals surface area contributed by atoms with E-state index < -0.39 is 10.0 Å². The van der Waals surface area contributed by atoms with Gasteiger partial charge in [-0.3, -0.25) is 0 Å². The highest BCUT2D eigenvalue weighted by Gasteiger charge is 2.30. The highest BCUT2D eigenvalue weighted by Crippen LogP contribution is 2.38. The highest BCUT2D eigenvalue weighted by atomic mass is 32.2. The van der Waals surface area contributed by atoms with E-state index in [0.29, 0.717) is 12.3 Å². The average Bonchev–Trinajstić information content (AvgIpc) is 3.43. The van der Waals surface area contributed by atoms with Crippen LogP contribution in [0.15, 0.2) is 18.5 Å². The molecule has 2 aliphatic carbocycles. The van der Waals surface area contributed by atoms with Crippen molar-refractivity contribution in [1.82, 2.24) is 24.2 Å². The number of aromatic amines is 1. The Morgan fingerprint density at radius 1 is 1.16 bits per heavy atom. The molecule has 32 heavy (non-hydrogen) atoms. The number of H-pyrrole nitrogens is 1. The Balaban J connectivity index is 1.48. The second-order valence-electron chi connectivity index (χ2n) is 9.29. The number of nitriles is 1. The van der Waals surface area contributed by atoms with Crippen LogP contribution in [0.3, 0.4) is 0 Å². The number of sulfonamides is 1. The molecule has 2 N–H and O–H groups in total. The molecule has 0 bridgehead atoms. The smallest absolute Gasteiger partial charge is 0.214 e. The molecule has 5 rings (SSSR count). The first kappa shape index (κ1) is 21.4. The predicted molar refractivity (Wildman–Crippen MR) is 123 cm³/mol. The molecule has 3 aromatic heterocycles. The molecule has 0 aliphatic heterocycles. The van der Waals surface area contributed by atoms with E-state index in [-0.39, 0.29) is 17.8 Å². The van der Waals surface area contributed by atoms with Gasteiger partial charge in [0.05, 0.1) is 29.6 Å². The maximum Gasteiger partial charge on any atom is 0.214 e. The van der Waals surface area contributed by atoms with Gasteiger partial charge >= 0.3 is 0 Å². The van der Waals surface area contributed by atoms with Crippen LogP contribution < -0.4 is 4.72 Å². The summed E-state index contributed by atoms with van der Waals surface area (Å²) in [6, 6.07) is 4.56. The van der Waals surface area contributed by atoms with E-state index in [1.807, 2.05) is 12.3 Å². The molecule has 0 saturated heterocycles. The predicted octanol–water partition coefficient (Wildman–Crippen LogP) is 4.31. The minimum atomic E-state index is -3.38. The zero-order valence-corrected chi connectivity index (χ0v) is 19.1. The zero-order chi connectivity index (χ0) is 22.1. The van der Waals surface area contributed by atoms with E-state index >= 15 is 0 Å². The SMILES string of the molecule is N#CC[C@H]1CC[C@H](n2c(CNS(=O)(=O)C3CCCCC3)nc3cnc4[nH]ccc4c32)CC1. The summed E-state index contributed by atoms with van der Waals surface area (Å²) in [6.45, 7) is 0.192. The number of imidazole rings is 1. The van der Waals surface area contributed by atoms with E-state index in [1.54, 1.807) is 6.20 Å². The number of nitrogens with one attached hydrogen (secondary N) is 2. The normalized spacial score (nSPS) is 23.0. The largest absolute Gasteiger partial charge is 0.346 e. The van der Waals surface area contributed by atoms with Crippen LogP contribution in [0.4, 0.5) is 0 Å². The van der Waals surface area contributed by atoms with Crippen LogP contribution in [0.25, 0.3) is 22.1 Å². The minimum absolute atomic E-state index is 0.192. The van der Waals surface area contributed by atoms with Crippen molar-refractivity contribution in [3.8, 4) is 6.07 Å². The molecule has 2 aliphatic rings. The number of fused-ring (bicyclic) bond motifs is 3. The molecule has 0 amide bonds. The number of hydrogen-bond acceptors (Lipinski definition) is 5. The minimum Gasteiger partial charge on any atom is -0.346 e. The molecular weight excluding hydrogens is 424 g/mol. The molecule has 8 nitrogen and oxygen atoms in total. The Bertz CT molecular complexity index is 1240. The number of rotatable bonds is 6. The third-order valence-electron chi connectivity index (χ3n) is 7.29. The highest BCUT2D eigenvalue weighted by molar-refractivity contribution is 7.90. The molecule has 0 radical (unpaired) electrons. The molecule has 0 aromatic carbocycles. The van der Waals surface area contributed by atoms with Crippen molar-refractivity contribution in [2.24, 2.45) is 5.92 Å². The van der Waals surface area contributed by atoms with Crippen molar-refractivity contribution in [2.75, 3.05) is 0 Å². The molecule has 2 fully saturated rings. The molecule has 9 heteroatoms. The quantitative estimate of drug-likeness (QED) is 0.576. The van der Waals surface area contributed by atoms with Crippen LogP contribution in [0.1, 0.15) is 76.1 Å². The molecule has 2 saturated carbocycles. The maximum atomic E-state index is 13.0. The van der Waals surface area contributed by atoms with Gasteiger partial charge in [-0.1, -0.05) is 19.3 Å². The first-order valence-electron chi connectivity index (χ1n) is 11.7. The van der Waals surface area contributed by atoms with Gasteiger partial charge in [0.2, 0.25) is 10.0 Å². The summed E-state index contributed by atoms with van der Waals surface area (Å²) in [4.78, 5) is 12.5. The third-order valence-corrected chi connectivity index (χ3v) is 9.19. The van der Waals surface area contributed by atoms with E-state index in [4.69, 9.17) is 10.2 Å². The van der Waals surface area contributed by atoms with E-state index in [0.717, 1.165) is 85.7 Å². The fourth-order valence-electron chi connectivity index (χ4n) is 5.55. The first-order chi connectivity index (χ1) is 15.6. The molecule has 0 atom stereocenters. The Morgan fingerprint density at radius 3 is 2.69 bits per heavy atom. The Morgan fingerprint density at radius 2 is 1.94 bits per heavy atom. The molecule has 3 heterocycles.